The van der Waals surface area contributed by atoms with Gasteiger partial charge in [0.05, 0.1) is 7.11 Å². The Hall–Kier alpha value is -2.04. The second-order valence-electron chi connectivity index (χ2n) is 5.37. The van der Waals surface area contributed by atoms with Gasteiger partial charge in [0, 0.05) is 5.69 Å². The highest BCUT2D eigenvalue weighted by Gasteiger charge is 2.35. The Bertz CT molecular complexity index is 540. The smallest absolute Gasteiger partial charge is 0.250 e. The van der Waals surface area contributed by atoms with E-state index >= 15 is 0 Å². The molecule has 0 bridgehead atoms. The molecule has 1 N–H and O–H groups in total. The van der Waals surface area contributed by atoms with Crippen LogP contribution in [-0.2, 0) is 9.59 Å². The molecule has 0 aromatic heterocycles. The highest BCUT2D eigenvalue weighted by atomic mass is 16.5. The Morgan fingerprint density at radius 3 is 2.60 bits per heavy atom. The van der Waals surface area contributed by atoms with Gasteiger partial charge in [0.1, 0.15) is 18.3 Å². The predicted octanol–water partition coefficient (Wildman–Crippen LogP) is 1.49. The molecule has 1 saturated heterocycles. The lowest BCUT2D eigenvalue weighted by Gasteiger charge is -2.34. The van der Waals surface area contributed by atoms with Gasteiger partial charge in [0.15, 0.2) is 0 Å². The van der Waals surface area contributed by atoms with Crippen molar-refractivity contribution < 1.29 is 14.3 Å². The molecule has 2 rings (SSSR count). The minimum absolute atomic E-state index is 0.0633. The molecule has 1 aromatic carbocycles. The molecule has 1 aliphatic rings. The molecule has 5 heteroatoms. The minimum Gasteiger partial charge on any atom is -0.496 e. The number of carbonyl (C=O) groups is 2. The topological polar surface area (TPSA) is 58.6 Å². The van der Waals surface area contributed by atoms with Crippen LogP contribution >= 0.6 is 0 Å². The summed E-state index contributed by atoms with van der Waals surface area (Å²) in [4.78, 5) is 25.8. The second kappa shape index (κ2) is 5.53. The molecule has 0 spiro atoms. The average molecular weight is 276 g/mol. The number of amides is 2. The van der Waals surface area contributed by atoms with Gasteiger partial charge in [-0.05, 0) is 36.6 Å². The summed E-state index contributed by atoms with van der Waals surface area (Å²) in [6, 6.07) is 5.03. The third-order valence-corrected chi connectivity index (χ3v) is 3.51. The van der Waals surface area contributed by atoms with Gasteiger partial charge in [-0.25, -0.2) is 0 Å². The molecular weight excluding hydrogens is 256 g/mol. The van der Waals surface area contributed by atoms with Crippen molar-refractivity contribution in [1.82, 2.24) is 5.32 Å². The van der Waals surface area contributed by atoms with Gasteiger partial charge >= 0.3 is 0 Å². The number of piperazine rings is 1. The number of ether oxygens (including phenoxy) is 1. The quantitative estimate of drug-likeness (QED) is 0.910. The number of hydrogen-bond donors (Lipinski definition) is 1. The number of nitrogens with one attached hydrogen (secondary N) is 1. The fourth-order valence-corrected chi connectivity index (χ4v) is 2.37. The zero-order chi connectivity index (χ0) is 14.9. The lowest BCUT2D eigenvalue weighted by molar-refractivity contribution is -0.132. The van der Waals surface area contributed by atoms with Gasteiger partial charge in [-0.2, -0.15) is 0 Å². The fraction of sp³-hybridized carbons (Fsp3) is 0.467. The van der Waals surface area contributed by atoms with Crippen molar-refractivity contribution in [3.8, 4) is 5.75 Å². The number of nitrogens with zero attached hydrogens (tertiary/aromatic N) is 1. The van der Waals surface area contributed by atoms with E-state index < -0.39 is 6.04 Å². The lowest BCUT2D eigenvalue weighted by Crippen LogP contribution is -2.60. The molecule has 1 fully saturated rings. The Morgan fingerprint density at radius 1 is 1.35 bits per heavy atom. The number of hydrogen-bond acceptors (Lipinski definition) is 3. The molecule has 0 radical (unpaired) electrons. The molecule has 1 aromatic rings. The summed E-state index contributed by atoms with van der Waals surface area (Å²) in [5.41, 5.74) is 1.67. The summed E-state index contributed by atoms with van der Waals surface area (Å²) in [5.74, 6) is 0.637. The first-order chi connectivity index (χ1) is 9.43. The van der Waals surface area contributed by atoms with Crippen molar-refractivity contribution in [3.63, 3.8) is 0 Å². The molecule has 1 unspecified atom stereocenters. The molecular formula is C15H20N2O3. The largest absolute Gasteiger partial charge is 0.496 e. The summed E-state index contributed by atoms with van der Waals surface area (Å²) in [6.07, 6.45) is 0. The molecule has 1 atom stereocenters. The number of anilines is 1. The van der Waals surface area contributed by atoms with E-state index in [1.807, 2.05) is 32.9 Å². The molecule has 1 aliphatic heterocycles. The lowest BCUT2D eigenvalue weighted by atomic mass is 10.00. The van der Waals surface area contributed by atoms with Crippen LogP contribution in [-0.4, -0.2) is 31.5 Å². The Balaban J connectivity index is 2.33. The standard InChI is InChI=1S/C15H20N2O3/c1-9(2)14-15(19)17(8-13(18)16-14)11-5-6-12(20-4)10(3)7-11/h5-7,9,14H,8H2,1-4H3,(H,16,18). The van der Waals surface area contributed by atoms with Gasteiger partial charge in [-0.1, -0.05) is 13.8 Å². The third kappa shape index (κ3) is 2.61. The van der Waals surface area contributed by atoms with Crippen LogP contribution in [0.2, 0.25) is 0 Å². The number of carbonyl (C=O) groups excluding carboxylic acids is 2. The molecule has 2 amide bonds. The first-order valence-electron chi connectivity index (χ1n) is 6.69. The van der Waals surface area contributed by atoms with Crippen LogP contribution in [0.15, 0.2) is 18.2 Å². The van der Waals surface area contributed by atoms with Crippen molar-refractivity contribution in [1.29, 1.82) is 0 Å². The molecule has 20 heavy (non-hydrogen) atoms. The first-order valence-corrected chi connectivity index (χ1v) is 6.69. The number of aryl methyl sites for hydroxylation is 1. The maximum Gasteiger partial charge on any atom is 0.250 e. The predicted molar refractivity (Wildman–Crippen MR) is 76.9 cm³/mol. The average Bonchev–Trinajstić information content (AvgIpc) is 2.40. The SMILES string of the molecule is COc1ccc(N2CC(=O)NC(C(C)C)C2=O)cc1C. The van der Waals surface area contributed by atoms with Crippen LogP contribution in [0.1, 0.15) is 19.4 Å². The van der Waals surface area contributed by atoms with Crippen LogP contribution in [0.5, 0.6) is 5.75 Å². The van der Waals surface area contributed by atoms with Crippen LogP contribution in [0.3, 0.4) is 0 Å². The Morgan fingerprint density at radius 2 is 2.05 bits per heavy atom. The summed E-state index contributed by atoms with van der Waals surface area (Å²) in [7, 11) is 1.61. The maximum absolute atomic E-state index is 12.5. The van der Waals surface area contributed by atoms with Gasteiger partial charge < -0.3 is 15.0 Å². The Labute approximate surface area is 118 Å². The van der Waals surface area contributed by atoms with E-state index in [9.17, 15) is 9.59 Å². The van der Waals surface area contributed by atoms with Crippen LogP contribution in [0, 0.1) is 12.8 Å². The van der Waals surface area contributed by atoms with E-state index in [1.165, 1.54) is 4.90 Å². The molecule has 5 nitrogen and oxygen atoms in total. The van der Waals surface area contributed by atoms with E-state index in [0.29, 0.717) is 0 Å². The highest BCUT2D eigenvalue weighted by molar-refractivity contribution is 6.06. The fourth-order valence-electron chi connectivity index (χ4n) is 2.37. The summed E-state index contributed by atoms with van der Waals surface area (Å²) < 4.78 is 5.21. The van der Waals surface area contributed by atoms with Gasteiger partial charge in [0.2, 0.25) is 11.8 Å². The molecule has 0 aliphatic carbocycles. The molecule has 108 valence electrons. The van der Waals surface area contributed by atoms with E-state index in [0.717, 1.165) is 17.0 Å². The zero-order valence-electron chi connectivity index (χ0n) is 12.3. The van der Waals surface area contributed by atoms with Crippen molar-refractivity contribution in [2.75, 3.05) is 18.6 Å². The molecule has 0 saturated carbocycles. The number of benzene rings is 1. The minimum atomic E-state index is -0.460. The van der Waals surface area contributed by atoms with E-state index in [4.69, 9.17) is 4.74 Å². The molecule has 1 heterocycles. The monoisotopic (exact) mass is 276 g/mol. The highest BCUT2D eigenvalue weighted by Crippen LogP contribution is 2.26. The summed E-state index contributed by atoms with van der Waals surface area (Å²) >= 11 is 0. The van der Waals surface area contributed by atoms with Gasteiger partial charge in [0.25, 0.3) is 0 Å². The van der Waals surface area contributed by atoms with Crippen LogP contribution in [0.25, 0.3) is 0 Å². The van der Waals surface area contributed by atoms with E-state index in [2.05, 4.69) is 5.32 Å². The Kier molecular flexibility index (Phi) is 3.97. The van der Waals surface area contributed by atoms with Crippen molar-refractivity contribution in [3.05, 3.63) is 23.8 Å². The van der Waals surface area contributed by atoms with Gasteiger partial charge in [-0.15, -0.1) is 0 Å². The number of rotatable bonds is 3. The van der Waals surface area contributed by atoms with Crippen LogP contribution < -0.4 is 15.0 Å². The van der Waals surface area contributed by atoms with Crippen molar-refractivity contribution in [2.24, 2.45) is 5.92 Å². The summed E-state index contributed by atoms with van der Waals surface area (Å²) in [6.45, 7) is 5.82. The van der Waals surface area contributed by atoms with Crippen molar-refractivity contribution in [2.45, 2.75) is 26.8 Å². The van der Waals surface area contributed by atoms with Gasteiger partial charge in [-0.3, -0.25) is 9.59 Å². The first kappa shape index (κ1) is 14.4. The van der Waals surface area contributed by atoms with E-state index in [1.54, 1.807) is 13.2 Å². The zero-order valence-corrected chi connectivity index (χ0v) is 12.3. The van der Waals surface area contributed by atoms with E-state index in [-0.39, 0.29) is 24.3 Å². The second-order valence-corrected chi connectivity index (χ2v) is 5.37. The normalized spacial score (nSPS) is 19.2. The van der Waals surface area contributed by atoms with Crippen molar-refractivity contribution >= 4 is 17.5 Å². The maximum atomic E-state index is 12.5. The third-order valence-electron chi connectivity index (χ3n) is 3.51. The number of methoxy groups -OCH3 is 1. The van der Waals surface area contributed by atoms with Crippen LogP contribution in [0.4, 0.5) is 5.69 Å². The summed E-state index contributed by atoms with van der Waals surface area (Å²) in [5, 5.41) is 2.75.